The van der Waals surface area contributed by atoms with Crippen LogP contribution < -0.4 is 5.32 Å². The molecule has 0 fully saturated rings. The van der Waals surface area contributed by atoms with Gasteiger partial charge in [-0.1, -0.05) is 47.5 Å². The van der Waals surface area contributed by atoms with Crippen LogP contribution in [0.5, 0.6) is 0 Å². The normalized spacial score (nSPS) is 10.9. The van der Waals surface area contributed by atoms with Crippen LogP contribution in [-0.4, -0.2) is 20.7 Å². The third-order valence-electron chi connectivity index (χ3n) is 4.56. The van der Waals surface area contributed by atoms with E-state index in [0.717, 1.165) is 11.1 Å². The highest BCUT2D eigenvalue weighted by molar-refractivity contribution is 6.35. The summed E-state index contributed by atoms with van der Waals surface area (Å²) in [5, 5.41) is 8.26. The maximum absolute atomic E-state index is 12.6. The zero-order chi connectivity index (χ0) is 21.1. The molecule has 0 aliphatic rings. The van der Waals surface area contributed by atoms with Crippen LogP contribution in [0.15, 0.2) is 65.2 Å². The second kappa shape index (κ2) is 8.73. The van der Waals surface area contributed by atoms with Crippen molar-refractivity contribution < 1.29 is 9.21 Å². The van der Waals surface area contributed by atoms with Crippen LogP contribution in [0.3, 0.4) is 0 Å². The first kappa shape index (κ1) is 20.2. The van der Waals surface area contributed by atoms with Crippen LogP contribution in [0.2, 0.25) is 10.0 Å². The van der Waals surface area contributed by atoms with E-state index in [1.54, 1.807) is 36.0 Å². The van der Waals surface area contributed by atoms with Crippen molar-refractivity contribution >= 4 is 34.9 Å². The van der Waals surface area contributed by atoms with Gasteiger partial charge in [-0.25, -0.2) is 9.67 Å². The maximum atomic E-state index is 12.6. The Hall–Kier alpha value is -3.09. The number of carbonyl (C=O) groups excluding carboxylic acids is 1. The lowest BCUT2D eigenvalue weighted by molar-refractivity contribution is -0.115. The molecule has 1 N–H and O–H groups in total. The molecule has 2 heterocycles. The van der Waals surface area contributed by atoms with Crippen LogP contribution in [0.4, 0.5) is 5.82 Å². The minimum Gasteiger partial charge on any atom is -0.441 e. The van der Waals surface area contributed by atoms with Crippen molar-refractivity contribution in [3.8, 4) is 11.5 Å². The van der Waals surface area contributed by atoms with E-state index in [9.17, 15) is 4.79 Å². The zero-order valence-electron chi connectivity index (χ0n) is 16.1. The third-order valence-corrected chi connectivity index (χ3v) is 5.15. The van der Waals surface area contributed by atoms with Crippen molar-refractivity contribution in [3.05, 3.63) is 87.9 Å². The fourth-order valence-corrected chi connectivity index (χ4v) is 3.48. The van der Waals surface area contributed by atoms with Gasteiger partial charge in [0.25, 0.3) is 0 Å². The summed E-state index contributed by atoms with van der Waals surface area (Å²) in [6, 6.07) is 16.6. The standard InChI is InChI=1S/C22H18Cl2N4O2/c1-14-19(26-22(30-14)15-5-3-2-4-6-15)12-21(29)27-20-9-10-25-28(20)13-16-7-8-17(23)11-18(16)24/h2-11H,12-13H2,1H3,(H,27,29). The van der Waals surface area contributed by atoms with E-state index in [1.807, 2.05) is 36.4 Å². The zero-order valence-corrected chi connectivity index (χ0v) is 17.6. The summed E-state index contributed by atoms with van der Waals surface area (Å²) in [5.41, 5.74) is 2.31. The van der Waals surface area contributed by atoms with Crippen LogP contribution in [-0.2, 0) is 17.8 Å². The number of anilines is 1. The van der Waals surface area contributed by atoms with Gasteiger partial charge in [-0.15, -0.1) is 0 Å². The van der Waals surface area contributed by atoms with Gasteiger partial charge in [-0.05, 0) is 36.8 Å². The second-order valence-electron chi connectivity index (χ2n) is 6.72. The smallest absolute Gasteiger partial charge is 0.231 e. The number of hydrogen-bond donors (Lipinski definition) is 1. The Morgan fingerprint density at radius 2 is 1.93 bits per heavy atom. The topological polar surface area (TPSA) is 73.0 Å². The van der Waals surface area contributed by atoms with Crippen LogP contribution >= 0.6 is 23.2 Å². The van der Waals surface area contributed by atoms with Gasteiger partial charge in [0.1, 0.15) is 11.6 Å². The number of oxazole rings is 1. The van der Waals surface area contributed by atoms with Gasteiger partial charge in [-0.3, -0.25) is 4.79 Å². The number of amides is 1. The average Bonchev–Trinajstić information content (AvgIpc) is 3.31. The van der Waals surface area contributed by atoms with E-state index < -0.39 is 0 Å². The van der Waals surface area contributed by atoms with Gasteiger partial charge >= 0.3 is 0 Å². The number of rotatable bonds is 6. The molecule has 0 unspecified atom stereocenters. The van der Waals surface area contributed by atoms with Gasteiger partial charge in [0.05, 0.1) is 24.9 Å². The van der Waals surface area contributed by atoms with Gasteiger partial charge < -0.3 is 9.73 Å². The Labute approximate surface area is 183 Å². The van der Waals surface area contributed by atoms with Crippen molar-refractivity contribution in [3.63, 3.8) is 0 Å². The molecule has 0 atom stereocenters. The number of carbonyl (C=O) groups is 1. The first-order chi connectivity index (χ1) is 14.5. The molecule has 30 heavy (non-hydrogen) atoms. The number of nitrogens with one attached hydrogen (secondary N) is 1. The van der Waals surface area contributed by atoms with Crippen LogP contribution in [0, 0.1) is 6.92 Å². The highest BCUT2D eigenvalue weighted by atomic mass is 35.5. The van der Waals surface area contributed by atoms with E-state index in [4.69, 9.17) is 27.6 Å². The van der Waals surface area contributed by atoms with Crippen molar-refractivity contribution in [1.82, 2.24) is 14.8 Å². The number of benzene rings is 2. The lowest BCUT2D eigenvalue weighted by atomic mass is 10.2. The molecule has 152 valence electrons. The summed E-state index contributed by atoms with van der Waals surface area (Å²) in [6.45, 7) is 2.20. The summed E-state index contributed by atoms with van der Waals surface area (Å²) in [5.74, 6) is 1.47. The Balaban J connectivity index is 1.46. The Bertz CT molecular complexity index is 1190. The Kier molecular flexibility index (Phi) is 5.88. The molecule has 0 bridgehead atoms. The first-order valence-electron chi connectivity index (χ1n) is 9.27. The Morgan fingerprint density at radius 3 is 2.70 bits per heavy atom. The fraction of sp³-hybridized carbons (Fsp3) is 0.136. The molecule has 6 nitrogen and oxygen atoms in total. The highest BCUT2D eigenvalue weighted by Crippen LogP contribution is 2.24. The van der Waals surface area contributed by atoms with Gasteiger partial charge in [-0.2, -0.15) is 5.10 Å². The van der Waals surface area contributed by atoms with Crippen LogP contribution in [0.1, 0.15) is 17.0 Å². The number of aromatic nitrogens is 3. The van der Waals surface area contributed by atoms with E-state index in [-0.39, 0.29) is 12.3 Å². The molecule has 0 aliphatic heterocycles. The van der Waals surface area contributed by atoms with E-state index in [1.165, 1.54) is 0 Å². The summed E-state index contributed by atoms with van der Waals surface area (Å²) in [7, 11) is 0. The monoisotopic (exact) mass is 440 g/mol. The van der Waals surface area contributed by atoms with Gasteiger partial charge in [0.15, 0.2) is 0 Å². The average molecular weight is 441 g/mol. The molecule has 0 radical (unpaired) electrons. The molecule has 0 saturated carbocycles. The molecule has 2 aromatic carbocycles. The van der Waals surface area contributed by atoms with Crippen molar-refractivity contribution in [2.75, 3.05) is 5.32 Å². The molecular formula is C22H18Cl2N4O2. The van der Waals surface area contributed by atoms with Gasteiger partial charge in [0, 0.05) is 21.7 Å². The van der Waals surface area contributed by atoms with Crippen LogP contribution in [0.25, 0.3) is 11.5 Å². The SMILES string of the molecule is Cc1oc(-c2ccccc2)nc1CC(=O)Nc1ccnn1Cc1ccc(Cl)cc1Cl. The van der Waals surface area contributed by atoms with E-state index >= 15 is 0 Å². The number of hydrogen-bond acceptors (Lipinski definition) is 4. The summed E-state index contributed by atoms with van der Waals surface area (Å²) in [4.78, 5) is 17.1. The molecule has 8 heteroatoms. The Morgan fingerprint density at radius 1 is 1.13 bits per heavy atom. The molecule has 0 spiro atoms. The van der Waals surface area contributed by atoms with Crippen molar-refractivity contribution in [2.24, 2.45) is 0 Å². The number of aryl methyl sites for hydroxylation is 1. The highest BCUT2D eigenvalue weighted by Gasteiger charge is 2.16. The first-order valence-corrected chi connectivity index (χ1v) is 10.0. The number of halogens is 2. The molecule has 2 aromatic heterocycles. The minimum atomic E-state index is -0.213. The van der Waals surface area contributed by atoms with E-state index in [2.05, 4.69) is 15.4 Å². The van der Waals surface area contributed by atoms with Gasteiger partial charge in [0.2, 0.25) is 11.8 Å². The largest absolute Gasteiger partial charge is 0.441 e. The summed E-state index contributed by atoms with van der Waals surface area (Å²) in [6.07, 6.45) is 1.71. The predicted octanol–water partition coefficient (Wildman–Crippen LogP) is 5.38. The lowest BCUT2D eigenvalue weighted by Crippen LogP contribution is -2.18. The molecule has 4 rings (SSSR count). The maximum Gasteiger partial charge on any atom is 0.231 e. The molecule has 0 saturated heterocycles. The molecule has 4 aromatic rings. The quantitative estimate of drug-likeness (QED) is 0.436. The molecule has 1 amide bonds. The van der Waals surface area contributed by atoms with Crippen molar-refractivity contribution in [2.45, 2.75) is 19.9 Å². The molecule has 0 aliphatic carbocycles. The summed E-state index contributed by atoms with van der Waals surface area (Å²) >= 11 is 12.2. The lowest BCUT2D eigenvalue weighted by Gasteiger charge is -2.10. The minimum absolute atomic E-state index is 0.0923. The number of nitrogens with zero attached hydrogens (tertiary/aromatic N) is 3. The third kappa shape index (κ3) is 4.56. The fourth-order valence-electron chi connectivity index (χ4n) is 3.01. The second-order valence-corrected chi connectivity index (χ2v) is 7.57. The van der Waals surface area contributed by atoms with Crippen molar-refractivity contribution in [1.29, 1.82) is 0 Å². The summed E-state index contributed by atoms with van der Waals surface area (Å²) < 4.78 is 7.39. The molecular weight excluding hydrogens is 423 g/mol. The van der Waals surface area contributed by atoms with E-state index in [0.29, 0.717) is 39.8 Å². The predicted molar refractivity (Wildman–Crippen MR) is 117 cm³/mol.